The molecule has 0 fully saturated rings. The van der Waals surface area contributed by atoms with E-state index in [2.05, 4.69) is 10.6 Å². The number of allylic oxidation sites excluding steroid dienone is 1. The Morgan fingerprint density at radius 3 is 2.50 bits per heavy atom. The molecule has 1 heterocycles. The lowest BCUT2D eigenvalue weighted by Gasteiger charge is -2.35. The molecule has 5 nitrogen and oxygen atoms in total. The molecule has 1 amide bonds. The fourth-order valence-corrected chi connectivity index (χ4v) is 4.24. The third-order valence-corrected chi connectivity index (χ3v) is 5.87. The number of methoxy groups -OCH3 is 1. The van der Waals surface area contributed by atoms with Crippen LogP contribution in [0.1, 0.15) is 51.3 Å². The maximum Gasteiger partial charge on any atom is 0.417 e. The predicted octanol–water partition coefficient (Wildman–Crippen LogP) is 6.11. The van der Waals surface area contributed by atoms with Gasteiger partial charge in [-0.25, -0.2) is 0 Å². The number of amides is 1. The molecule has 4 rings (SSSR count). The summed E-state index contributed by atoms with van der Waals surface area (Å²) in [6.45, 7) is 4.07. The van der Waals surface area contributed by atoms with Crippen LogP contribution in [0, 0.1) is 0 Å². The van der Waals surface area contributed by atoms with Crippen molar-refractivity contribution in [3.05, 3.63) is 101 Å². The Balaban J connectivity index is 1.62. The lowest BCUT2D eigenvalue weighted by atomic mass is 9.85. The van der Waals surface area contributed by atoms with Gasteiger partial charge in [0.15, 0.2) is 5.78 Å². The first-order chi connectivity index (χ1) is 17.0. The minimum atomic E-state index is -4.67. The van der Waals surface area contributed by atoms with Crippen molar-refractivity contribution in [2.24, 2.45) is 0 Å². The number of alkyl halides is 3. The second-order valence-electron chi connectivity index (χ2n) is 9.21. The highest BCUT2D eigenvalue weighted by atomic mass is 19.4. The van der Waals surface area contributed by atoms with E-state index in [4.69, 9.17) is 4.74 Å². The van der Waals surface area contributed by atoms with Crippen molar-refractivity contribution < 1.29 is 27.5 Å². The highest BCUT2D eigenvalue weighted by Gasteiger charge is 2.35. The molecule has 8 heteroatoms. The Morgan fingerprint density at radius 2 is 1.78 bits per heavy atom. The van der Waals surface area contributed by atoms with Crippen LogP contribution in [0.5, 0.6) is 5.75 Å². The molecule has 1 aliphatic heterocycles. The van der Waals surface area contributed by atoms with Crippen LogP contribution in [0.25, 0.3) is 5.70 Å². The molecule has 1 aliphatic rings. The zero-order valence-corrected chi connectivity index (χ0v) is 20.0. The van der Waals surface area contributed by atoms with Gasteiger partial charge in [-0.05, 0) is 62.2 Å². The van der Waals surface area contributed by atoms with Crippen molar-refractivity contribution in [3.8, 4) is 5.75 Å². The van der Waals surface area contributed by atoms with Gasteiger partial charge in [0.1, 0.15) is 5.75 Å². The molecule has 0 unspecified atom stereocenters. The molecule has 3 aromatic carbocycles. The molecular weight excluding hydrogens is 469 g/mol. The third kappa shape index (κ3) is 5.43. The van der Waals surface area contributed by atoms with E-state index in [-0.39, 0.29) is 22.6 Å². The fraction of sp³-hybridized carbons (Fsp3) is 0.214. The molecule has 0 saturated carbocycles. The van der Waals surface area contributed by atoms with Gasteiger partial charge in [-0.15, -0.1) is 0 Å². The summed E-state index contributed by atoms with van der Waals surface area (Å²) >= 11 is 0. The van der Waals surface area contributed by atoms with E-state index in [1.165, 1.54) is 30.3 Å². The van der Waals surface area contributed by atoms with Gasteiger partial charge in [-0.2, -0.15) is 13.2 Å². The maximum absolute atomic E-state index is 13.3. The van der Waals surface area contributed by atoms with E-state index in [0.29, 0.717) is 11.4 Å². The Hall–Kier alpha value is -4.07. The maximum atomic E-state index is 13.3. The van der Waals surface area contributed by atoms with Crippen LogP contribution in [0.2, 0.25) is 0 Å². The summed E-state index contributed by atoms with van der Waals surface area (Å²) in [5, 5.41) is 5.87. The van der Waals surface area contributed by atoms with Crippen molar-refractivity contribution in [2.45, 2.75) is 32.0 Å². The molecule has 3 aromatic rings. The molecule has 2 N–H and O–H groups in total. The predicted molar refractivity (Wildman–Crippen MR) is 132 cm³/mol. The van der Waals surface area contributed by atoms with Gasteiger partial charge in [0.25, 0.3) is 5.91 Å². The number of nitrogens with one attached hydrogen (secondary N) is 2. The molecule has 36 heavy (non-hydrogen) atoms. The quantitative estimate of drug-likeness (QED) is 0.332. The van der Waals surface area contributed by atoms with Crippen molar-refractivity contribution in [1.82, 2.24) is 5.32 Å². The smallest absolute Gasteiger partial charge is 0.417 e. The summed E-state index contributed by atoms with van der Waals surface area (Å²) in [5.41, 5.74) is 1.24. The number of carbonyl (C=O) groups is 2. The summed E-state index contributed by atoms with van der Waals surface area (Å²) in [5.74, 6) is -0.573. The number of fused-ring (bicyclic) bond motifs is 1. The summed E-state index contributed by atoms with van der Waals surface area (Å²) < 4.78 is 45.2. The highest BCUT2D eigenvalue weighted by Crippen LogP contribution is 2.33. The Labute approximate surface area is 207 Å². The van der Waals surface area contributed by atoms with E-state index in [1.807, 2.05) is 32.0 Å². The van der Waals surface area contributed by atoms with Crippen molar-refractivity contribution in [3.63, 3.8) is 0 Å². The van der Waals surface area contributed by atoms with Crippen LogP contribution in [-0.2, 0) is 12.6 Å². The van der Waals surface area contributed by atoms with Gasteiger partial charge in [0, 0.05) is 34.1 Å². The van der Waals surface area contributed by atoms with Gasteiger partial charge in [0.2, 0.25) is 0 Å². The molecule has 0 radical (unpaired) electrons. The van der Waals surface area contributed by atoms with Crippen LogP contribution < -0.4 is 15.4 Å². The highest BCUT2D eigenvalue weighted by molar-refractivity contribution is 6.10. The Bertz CT molecular complexity index is 1360. The van der Waals surface area contributed by atoms with Gasteiger partial charge in [-0.1, -0.05) is 30.3 Å². The van der Waals surface area contributed by atoms with Gasteiger partial charge in [-0.3, -0.25) is 9.59 Å². The molecule has 0 saturated heterocycles. The Morgan fingerprint density at radius 1 is 1.03 bits per heavy atom. The zero-order valence-electron chi connectivity index (χ0n) is 20.0. The third-order valence-electron chi connectivity index (χ3n) is 5.87. The molecular formula is C28H25F3N2O3. The Kier molecular flexibility index (Phi) is 6.63. The van der Waals surface area contributed by atoms with Crippen LogP contribution in [0.15, 0.2) is 72.8 Å². The largest absolute Gasteiger partial charge is 0.497 e. The number of anilines is 1. The second kappa shape index (κ2) is 9.53. The number of halogens is 3. The lowest BCUT2D eigenvalue weighted by molar-refractivity contribution is -0.137. The van der Waals surface area contributed by atoms with Gasteiger partial charge in [0.05, 0.1) is 18.2 Å². The average Bonchev–Trinajstić information content (AvgIpc) is 2.82. The normalized spacial score (nSPS) is 15.6. The van der Waals surface area contributed by atoms with Gasteiger partial charge < -0.3 is 15.4 Å². The van der Waals surface area contributed by atoms with E-state index in [9.17, 15) is 22.8 Å². The van der Waals surface area contributed by atoms with Crippen molar-refractivity contribution >= 4 is 23.1 Å². The first kappa shape index (κ1) is 25.0. The minimum absolute atomic E-state index is 0.209. The second-order valence-corrected chi connectivity index (χ2v) is 9.21. The molecule has 0 atom stereocenters. The number of hydrogen-bond acceptors (Lipinski definition) is 4. The summed E-state index contributed by atoms with van der Waals surface area (Å²) in [6.07, 6.45) is -2.42. The van der Waals surface area contributed by atoms with Crippen LogP contribution in [0.3, 0.4) is 0 Å². The number of benzene rings is 3. The topological polar surface area (TPSA) is 67.4 Å². The van der Waals surface area contributed by atoms with Crippen LogP contribution in [-0.4, -0.2) is 24.3 Å². The SMILES string of the molecule is COc1ccc2c(c1)C(=CC(=O)c1cccc(NC(=O)c3ccccc3C(F)(F)F)c1)NC(C)(C)C2. The monoisotopic (exact) mass is 494 g/mol. The van der Waals surface area contributed by atoms with Crippen LogP contribution in [0.4, 0.5) is 18.9 Å². The summed E-state index contributed by atoms with van der Waals surface area (Å²) in [4.78, 5) is 25.8. The summed E-state index contributed by atoms with van der Waals surface area (Å²) in [6, 6.07) is 16.4. The fourth-order valence-electron chi connectivity index (χ4n) is 4.24. The van der Waals surface area contributed by atoms with Gasteiger partial charge >= 0.3 is 6.18 Å². The number of hydrogen-bond donors (Lipinski definition) is 2. The standard InChI is InChI=1S/C28H25F3N2O3/c1-27(2)16-18-11-12-20(36-3)14-22(18)24(33-27)15-25(34)17-7-6-8-19(13-17)32-26(35)21-9-4-5-10-23(21)28(29,30)31/h4-15,33H,16H2,1-3H3,(H,32,35). The first-order valence-corrected chi connectivity index (χ1v) is 11.3. The number of rotatable bonds is 5. The molecule has 0 spiro atoms. The first-order valence-electron chi connectivity index (χ1n) is 11.3. The van der Waals surface area contributed by atoms with E-state index in [0.717, 1.165) is 29.7 Å². The van der Waals surface area contributed by atoms with E-state index >= 15 is 0 Å². The van der Waals surface area contributed by atoms with Crippen LogP contribution >= 0.6 is 0 Å². The van der Waals surface area contributed by atoms with Crippen molar-refractivity contribution in [2.75, 3.05) is 12.4 Å². The average molecular weight is 495 g/mol. The molecule has 0 bridgehead atoms. The lowest BCUT2D eigenvalue weighted by Crippen LogP contribution is -2.43. The zero-order chi connectivity index (χ0) is 26.1. The number of carbonyl (C=O) groups excluding carboxylic acids is 2. The molecule has 186 valence electrons. The summed E-state index contributed by atoms with van der Waals surface area (Å²) in [7, 11) is 1.57. The minimum Gasteiger partial charge on any atom is -0.497 e. The molecule has 0 aliphatic carbocycles. The van der Waals surface area contributed by atoms with E-state index in [1.54, 1.807) is 19.2 Å². The number of ether oxygens (including phenoxy) is 1. The molecule has 0 aromatic heterocycles. The van der Waals surface area contributed by atoms with E-state index < -0.39 is 23.2 Å². The van der Waals surface area contributed by atoms with Crippen molar-refractivity contribution in [1.29, 1.82) is 0 Å². The number of ketones is 1.